The first kappa shape index (κ1) is 15.4. The van der Waals surface area contributed by atoms with Gasteiger partial charge in [-0.25, -0.2) is 9.97 Å². The van der Waals surface area contributed by atoms with Crippen LogP contribution in [0.25, 0.3) is 0 Å². The van der Waals surface area contributed by atoms with E-state index in [1.807, 2.05) is 0 Å². The van der Waals surface area contributed by atoms with Gasteiger partial charge in [0.2, 0.25) is 0 Å². The van der Waals surface area contributed by atoms with Crippen LogP contribution in [-0.2, 0) is 6.42 Å². The van der Waals surface area contributed by atoms with Gasteiger partial charge in [-0.1, -0.05) is 26.7 Å². The van der Waals surface area contributed by atoms with Crippen molar-refractivity contribution >= 4 is 0 Å². The summed E-state index contributed by atoms with van der Waals surface area (Å²) in [6.07, 6.45) is 6.26. The van der Waals surface area contributed by atoms with Gasteiger partial charge in [0.15, 0.2) is 0 Å². The van der Waals surface area contributed by atoms with Gasteiger partial charge < -0.3 is 5.32 Å². The summed E-state index contributed by atoms with van der Waals surface area (Å²) >= 11 is 0. The summed E-state index contributed by atoms with van der Waals surface area (Å²) in [5.41, 5.74) is 3.71. The molecular weight excluding hydrogens is 246 g/mol. The highest BCUT2D eigenvalue weighted by Gasteiger charge is 2.21. The molecule has 0 radical (unpaired) electrons. The monoisotopic (exact) mass is 275 g/mol. The quantitative estimate of drug-likeness (QED) is 0.807. The molecule has 0 unspecified atom stereocenters. The van der Waals surface area contributed by atoms with Gasteiger partial charge in [-0.3, -0.25) is 0 Å². The van der Waals surface area contributed by atoms with Crippen LogP contribution in [0.15, 0.2) is 0 Å². The first-order valence-corrected chi connectivity index (χ1v) is 8.12. The zero-order valence-corrected chi connectivity index (χ0v) is 13.5. The summed E-state index contributed by atoms with van der Waals surface area (Å²) in [6.45, 7) is 10.9. The second kappa shape index (κ2) is 7.16. The number of aromatic nitrogens is 2. The van der Waals surface area contributed by atoms with Crippen LogP contribution in [0, 0.1) is 19.8 Å². The van der Waals surface area contributed by atoms with Crippen LogP contribution in [0.1, 0.15) is 68.2 Å². The fraction of sp³-hybridized carbons (Fsp3) is 0.765. The number of hydrogen-bond acceptors (Lipinski definition) is 3. The molecular formula is C17H29N3. The Bertz CT molecular complexity index is 411. The molecule has 3 heteroatoms. The summed E-state index contributed by atoms with van der Waals surface area (Å²) in [5, 5.41) is 3.50. The lowest BCUT2D eigenvalue weighted by atomic mass is 10.0. The topological polar surface area (TPSA) is 37.8 Å². The molecule has 0 saturated heterocycles. The van der Waals surface area contributed by atoms with Gasteiger partial charge in [-0.05, 0) is 57.7 Å². The molecule has 2 rings (SSSR count). The number of nitrogens with one attached hydrogen (secondary N) is 1. The van der Waals surface area contributed by atoms with E-state index in [1.54, 1.807) is 0 Å². The Morgan fingerprint density at radius 1 is 1.10 bits per heavy atom. The van der Waals surface area contributed by atoms with Gasteiger partial charge in [-0.2, -0.15) is 0 Å². The lowest BCUT2D eigenvalue weighted by Crippen LogP contribution is -2.23. The molecule has 3 nitrogen and oxygen atoms in total. The molecule has 1 aliphatic rings. The van der Waals surface area contributed by atoms with Crippen LogP contribution in [0.3, 0.4) is 0 Å². The Morgan fingerprint density at radius 3 is 2.25 bits per heavy atom. The van der Waals surface area contributed by atoms with E-state index in [-0.39, 0.29) is 0 Å². The fourth-order valence-corrected chi connectivity index (χ4v) is 3.10. The van der Waals surface area contributed by atoms with Crippen LogP contribution in [0.2, 0.25) is 0 Å². The van der Waals surface area contributed by atoms with Gasteiger partial charge >= 0.3 is 0 Å². The summed E-state index contributed by atoms with van der Waals surface area (Å²) in [6, 6.07) is 0. The van der Waals surface area contributed by atoms with Crippen LogP contribution in [0.5, 0.6) is 0 Å². The van der Waals surface area contributed by atoms with Crippen molar-refractivity contribution in [3.63, 3.8) is 0 Å². The predicted octanol–water partition coefficient (Wildman–Crippen LogP) is 3.54. The second-order valence-electron chi connectivity index (χ2n) is 6.56. The number of nitrogens with zero attached hydrogens (tertiary/aromatic N) is 2. The molecule has 1 heterocycles. The van der Waals surface area contributed by atoms with Crippen LogP contribution < -0.4 is 5.32 Å². The van der Waals surface area contributed by atoms with Crippen molar-refractivity contribution in [2.24, 2.45) is 5.92 Å². The first-order chi connectivity index (χ1) is 9.58. The van der Waals surface area contributed by atoms with E-state index in [2.05, 4.69) is 33.0 Å². The SMILES string of the molecule is Cc1nc(C2CCCC2)nc(C)c1CCNCC(C)C. The number of hydrogen-bond donors (Lipinski definition) is 1. The molecule has 1 aromatic heterocycles. The van der Waals surface area contributed by atoms with Gasteiger partial charge in [0, 0.05) is 17.3 Å². The van der Waals surface area contributed by atoms with Gasteiger partial charge in [-0.15, -0.1) is 0 Å². The molecule has 20 heavy (non-hydrogen) atoms. The molecule has 1 fully saturated rings. The summed E-state index contributed by atoms with van der Waals surface area (Å²) < 4.78 is 0. The fourth-order valence-electron chi connectivity index (χ4n) is 3.10. The first-order valence-electron chi connectivity index (χ1n) is 8.12. The molecule has 1 aromatic rings. The van der Waals surface area contributed by atoms with Crippen molar-refractivity contribution in [1.29, 1.82) is 0 Å². The van der Waals surface area contributed by atoms with Gasteiger partial charge in [0.25, 0.3) is 0 Å². The van der Waals surface area contributed by atoms with Crippen molar-refractivity contribution < 1.29 is 0 Å². The molecule has 0 spiro atoms. The number of aryl methyl sites for hydroxylation is 2. The maximum atomic E-state index is 4.79. The molecule has 0 amide bonds. The maximum absolute atomic E-state index is 4.79. The lowest BCUT2D eigenvalue weighted by molar-refractivity contribution is 0.552. The Kier molecular flexibility index (Phi) is 5.53. The summed E-state index contributed by atoms with van der Waals surface area (Å²) in [4.78, 5) is 9.58. The van der Waals surface area contributed by atoms with E-state index >= 15 is 0 Å². The van der Waals surface area contributed by atoms with Gasteiger partial charge in [0.05, 0.1) is 0 Å². The molecule has 1 aliphatic carbocycles. The van der Waals surface area contributed by atoms with Crippen molar-refractivity contribution in [1.82, 2.24) is 15.3 Å². The maximum Gasteiger partial charge on any atom is 0.131 e. The van der Waals surface area contributed by atoms with Gasteiger partial charge in [0.1, 0.15) is 5.82 Å². The normalized spacial score (nSPS) is 16.2. The van der Waals surface area contributed by atoms with E-state index in [1.165, 1.54) is 42.6 Å². The zero-order valence-electron chi connectivity index (χ0n) is 13.5. The minimum Gasteiger partial charge on any atom is -0.316 e. The average molecular weight is 275 g/mol. The van der Waals surface area contributed by atoms with Crippen molar-refractivity contribution in [3.8, 4) is 0 Å². The van der Waals surface area contributed by atoms with Crippen molar-refractivity contribution in [2.45, 2.75) is 65.7 Å². The average Bonchev–Trinajstić information content (AvgIpc) is 2.90. The van der Waals surface area contributed by atoms with E-state index in [9.17, 15) is 0 Å². The Labute approximate surface area is 123 Å². The zero-order chi connectivity index (χ0) is 14.5. The highest BCUT2D eigenvalue weighted by molar-refractivity contribution is 5.25. The third-order valence-electron chi connectivity index (χ3n) is 4.26. The minimum absolute atomic E-state index is 0.612. The van der Waals surface area contributed by atoms with Crippen LogP contribution >= 0.6 is 0 Å². The van der Waals surface area contributed by atoms with E-state index in [4.69, 9.17) is 9.97 Å². The van der Waals surface area contributed by atoms with E-state index in [0.717, 1.165) is 25.3 Å². The lowest BCUT2D eigenvalue weighted by Gasteiger charge is -2.14. The Hall–Kier alpha value is -0.960. The summed E-state index contributed by atoms with van der Waals surface area (Å²) in [5.74, 6) is 2.41. The largest absolute Gasteiger partial charge is 0.316 e. The third-order valence-corrected chi connectivity index (χ3v) is 4.26. The standard InChI is InChI=1S/C17H29N3/c1-12(2)11-18-10-9-16-13(3)19-17(20-14(16)4)15-7-5-6-8-15/h12,15,18H,5-11H2,1-4H3. The van der Waals surface area contributed by atoms with Crippen LogP contribution in [0.4, 0.5) is 0 Å². The molecule has 0 aromatic carbocycles. The van der Waals surface area contributed by atoms with E-state index < -0.39 is 0 Å². The smallest absolute Gasteiger partial charge is 0.131 e. The second-order valence-corrected chi connectivity index (χ2v) is 6.56. The van der Waals surface area contributed by atoms with Crippen molar-refractivity contribution in [3.05, 3.63) is 22.8 Å². The molecule has 1 N–H and O–H groups in total. The molecule has 1 saturated carbocycles. The Morgan fingerprint density at radius 2 is 1.70 bits per heavy atom. The molecule has 0 bridgehead atoms. The molecule has 0 atom stereocenters. The highest BCUT2D eigenvalue weighted by Crippen LogP contribution is 2.32. The summed E-state index contributed by atoms with van der Waals surface area (Å²) in [7, 11) is 0. The number of rotatable bonds is 6. The predicted molar refractivity (Wildman–Crippen MR) is 84.1 cm³/mol. The van der Waals surface area contributed by atoms with E-state index in [0.29, 0.717) is 11.8 Å². The molecule has 112 valence electrons. The minimum atomic E-state index is 0.612. The molecule has 0 aliphatic heterocycles. The third kappa shape index (κ3) is 4.02. The highest BCUT2D eigenvalue weighted by atomic mass is 14.9. The van der Waals surface area contributed by atoms with Crippen molar-refractivity contribution in [2.75, 3.05) is 13.1 Å². The van der Waals surface area contributed by atoms with Crippen LogP contribution in [-0.4, -0.2) is 23.1 Å². The Balaban J connectivity index is 1.99.